The first kappa shape index (κ1) is 21.8. The number of aliphatic carboxylic acids is 1. The predicted octanol–water partition coefficient (Wildman–Crippen LogP) is 4.56. The van der Waals surface area contributed by atoms with Gasteiger partial charge < -0.3 is 19.4 Å². The highest BCUT2D eigenvalue weighted by Gasteiger charge is 2.07. The largest absolute Gasteiger partial charge is 0.489 e. The highest BCUT2D eigenvalue weighted by molar-refractivity contribution is 5.84. The molecular formula is C23H19F2NO5. The lowest BCUT2D eigenvalue weighted by Crippen LogP contribution is -2.04. The summed E-state index contributed by atoms with van der Waals surface area (Å²) in [5.41, 5.74) is 2.05. The minimum absolute atomic E-state index is 0.187. The summed E-state index contributed by atoms with van der Waals surface area (Å²) in [6, 6.07) is 16.9. The quantitative estimate of drug-likeness (QED) is 0.379. The van der Waals surface area contributed by atoms with E-state index >= 15 is 0 Å². The summed E-state index contributed by atoms with van der Waals surface area (Å²) >= 11 is 0. The van der Waals surface area contributed by atoms with Crippen LogP contribution in [0.5, 0.6) is 11.5 Å². The highest BCUT2D eigenvalue weighted by Crippen LogP contribution is 2.25. The van der Waals surface area contributed by atoms with Gasteiger partial charge in [-0.15, -0.1) is 0 Å². The molecule has 6 nitrogen and oxygen atoms in total. The lowest BCUT2D eigenvalue weighted by molar-refractivity contribution is -0.142. The Morgan fingerprint density at radius 2 is 1.45 bits per heavy atom. The number of ether oxygens (including phenoxy) is 2. The number of hydrogen-bond acceptors (Lipinski definition) is 5. The number of carbonyl (C=O) groups is 1. The van der Waals surface area contributed by atoms with Crippen molar-refractivity contribution in [3.63, 3.8) is 0 Å². The molecule has 0 fully saturated rings. The van der Waals surface area contributed by atoms with E-state index in [1.165, 1.54) is 30.5 Å². The Kier molecular flexibility index (Phi) is 7.53. The zero-order valence-corrected chi connectivity index (χ0v) is 16.3. The summed E-state index contributed by atoms with van der Waals surface area (Å²) in [6.07, 6.45) is 1.31. The summed E-state index contributed by atoms with van der Waals surface area (Å²) in [4.78, 5) is 15.3. The zero-order valence-electron chi connectivity index (χ0n) is 16.3. The molecule has 0 aromatic heterocycles. The van der Waals surface area contributed by atoms with Crippen molar-refractivity contribution in [1.29, 1.82) is 0 Å². The SMILES string of the molecule is O=C(O)CO/N=C/c1cc(OCc2ccc(F)cc2)ccc1OCc1ccc(F)cc1. The van der Waals surface area contributed by atoms with Crippen LogP contribution in [0, 0.1) is 11.6 Å². The Labute approximate surface area is 177 Å². The van der Waals surface area contributed by atoms with E-state index in [4.69, 9.17) is 19.4 Å². The number of benzene rings is 3. The number of carboxylic acids is 1. The van der Waals surface area contributed by atoms with Gasteiger partial charge in [0.15, 0.2) is 0 Å². The van der Waals surface area contributed by atoms with E-state index in [-0.39, 0.29) is 24.8 Å². The van der Waals surface area contributed by atoms with Crippen molar-refractivity contribution >= 4 is 12.2 Å². The van der Waals surface area contributed by atoms with Gasteiger partial charge in [-0.3, -0.25) is 0 Å². The molecule has 3 aromatic rings. The molecule has 0 spiro atoms. The second-order valence-corrected chi connectivity index (χ2v) is 6.43. The van der Waals surface area contributed by atoms with Crippen molar-refractivity contribution in [3.8, 4) is 11.5 Å². The van der Waals surface area contributed by atoms with Gasteiger partial charge in [0, 0.05) is 5.56 Å². The Morgan fingerprint density at radius 3 is 2.03 bits per heavy atom. The van der Waals surface area contributed by atoms with Crippen LogP contribution < -0.4 is 9.47 Å². The van der Waals surface area contributed by atoms with Crippen molar-refractivity contribution < 1.29 is 33.0 Å². The number of oxime groups is 1. The van der Waals surface area contributed by atoms with Crippen LogP contribution in [0.15, 0.2) is 71.9 Å². The minimum atomic E-state index is -1.15. The molecule has 0 amide bonds. The summed E-state index contributed by atoms with van der Waals surface area (Å²) < 4.78 is 37.6. The Hall–Kier alpha value is -3.94. The van der Waals surface area contributed by atoms with Crippen LogP contribution in [0.4, 0.5) is 8.78 Å². The molecular weight excluding hydrogens is 408 g/mol. The van der Waals surface area contributed by atoms with E-state index in [1.807, 2.05) is 0 Å². The van der Waals surface area contributed by atoms with Crippen molar-refractivity contribution in [1.82, 2.24) is 0 Å². The molecule has 0 bridgehead atoms. The molecule has 3 aromatic carbocycles. The molecule has 31 heavy (non-hydrogen) atoms. The van der Waals surface area contributed by atoms with E-state index in [2.05, 4.69) is 5.16 Å². The first-order chi connectivity index (χ1) is 15.0. The smallest absolute Gasteiger partial charge is 0.344 e. The fourth-order valence-electron chi connectivity index (χ4n) is 2.52. The summed E-state index contributed by atoms with van der Waals surface area (Å²) in [5, 5.41) is 12.3. The molecule has 8 heteroatoms. The monoisotopic (exact) mass is 427 g/mol. The highest BCUT2D eigenvalue weighted by atomic mass is 19.1. The van der Waals surface area contributed by atoms with Crippen molar-refractivity contribution in [2.24, 2.45) is 5.16 Å². The van der Waals surface area contributed by atoms with Crippen LogP contribution in [0.25, 0.3) is 0 Å². The first-order valence-electron chi connectivity index (χ1n) is 9.25. The molecule has 0 atom stereocenters. The van der Waals surface area contributed by atoms with Crippen LogP contribution in [0.3, 0.4) is 0 Å². The third-order valence-electron chi connectivity index (χ3n) is 4.06. The number of carboxylic acid groups (broad SMARTS) is 1. The molecule has 0 radical (unpaired) electrons. The summed E-state index contributed by atoms with van der Waals surface area (Å²) in [6.45, 7) is -0.169. The first-order valence-corrected chi connectivity index (χ1v) is 9.25. The van der Waals surface area contributed by atoms with Gasteiger partial charge in [0.2, 0.25) is 6.61 Å². The Morgan fingerprint density at radius 1 is 0.871 bits per heavy atom. The Balaban J connectivity index is 1.71. The van der Waals surface area contributed by atoms with Crippen LogP contribution in [0.2, 0.25) is 0 Å². The summed E-state index contributed by atoms with van der Waals surface area (Å²) in [5.74, 6) is -0.873. The number of rotatable bonds is 10. The fraction of sp³-hybridized carbons (Fsp3) is 0.130. The molecule has 0 aliphatic carbocycles. The lowest BCUT2D eigenvalue weighted by Gasteiger charge is -2.12. The van der Waals surface area contributed by atoms with E-state index < -0.39 is 12.6 Å². The van der Waals surface area contributed by atoms with E-state index in [0.717, 1.165) is 11.1 Å². The second-order valence-electron chi connectivity index (χ2n) is 6.43. The topological polar surface area (TPSA) is 77.4 Å². The van der Waals surface area contributed by atoms with Crippen molar-refractivity contribution in [2.45, 2.75) is 13.2 Å². The zero-order chi connectivity index (χ0) is 22.1. The Bertz CT molecular complexity index is 1040. The second kappa shape index (κ2) is 10.7. The fourth-order valence-corrected chi connectivity index (χ4v) is 2.52. The maximum absolute atomic E-state index is 13.1. The number of halogens is 2. The van der Waals surface area contributed by atoms with Crippen LogP contribution in [0.1, 0.15) is 16.7 Å². The molecule has 160 valence electrons. The van der Waals surface area contributed by atoms with Gasteiger partial charge >= 0.3 is 5.97 Å². The van der Waals surface area contributed by atoms with Crippen molar-refractivity contribution in [2.75, 3.05) is 6.61 Å². The normalized spacial score (nSPS) is 10.8. The van der Waals surface area contributed by atoms with Gasteiger partial charge in [0.1, 0.15) is 36.3 Å². The molecule has 3 rings (SSSR count). The average molecular weight is 427 g/mol. The maximum Gasteiger partial charge on any atom is 0.344 e. The van der Waals surface area contributed by atoms with Gasteiger partial charge in [-0.2, -0.15) is 0 Å². The third kappa shape index (κ3) is 7.11. The molecule has 0 aliphatic rings. The van der Waals surface area contributed by atoms with Crippen LogP contribution >= 0.6 is 0 Å². The molecule has 0 unspecified atom stereocenters. The molecule has 0 heterocycles. The summed E-state index contributed by atoms with van der Waals surface area (Å²) in [7, 11) is 0. The predicted molar refractivity (Wildman–Crippen MR) is 109 cm³/mol. The van der Waals surface area contributed by atoms with Gasteiger partial charge in [-0.05, 0) is 53.6 Å². The standard InChI is InChI=1S/C23H19F2NO5/c24-19-5-1-16(2-6-19)13-29-21-9-10-22(18(11-21)12-26-31-15-23(27)28)30-14-17-3-7-20(25)8-4-17/h1-12H,13-15H2,(H,27,28)/b26-12+. The van der Waals surface area contributed by atoms with E-state index in [1.54, 1.807) is 42.5 Å². The molecule has 0 saturated carbocycles. The number of nitrogens with zero attached hydrogens (tertiary/aromatic N) is 1. The van der Waals surface area contributed by atoms with E-state index in [9.17, 15) is 13.6 Å². The third-order valence-corrected chi connectivity index (χ3v) is 4.06. The van der Waals surface area contributed by atoms with Gasteiger partial charge in [0.25, 0.3) is 0 Å². The molecule has 0 aliphatic heterocycles. The molecule has 0 saturated heterocycles. The van der Waals surface area contributed by atoms with Crippen LogP contribution in [-0.4, -0.2) is 23.9 Å². The van der Waals surface area contributed by atoms with Crippen LogP contribution in [-0.2, 0) is 22.8 Å². The van der Waals surface area contributed by atoms with Crippen molar-refractivity contribution in [3.05, 3.63) is 95.1 Å². The van der Waals surface area contributed by atoms with Gasteiger partial charge in [0.05, 0.1) is 6.21 Å². The minimum Gasteiger partial charge on any atom is -0.489 e. The van der Waals surface area contributed by atoms with Gasteiger partial charge in [-0.1, -0.05) is 29.4 Å². The average Bonchev–Trinajstić information content (AvgIpc) is 2.76. The van der Waals surface area contributed by atoms with Gasteiger partial charge in [-0.25, -0.2) is 13.6 Å². The number of hydrogen-bond donors (Lipinski definition) is 1. The van der Waals surface area contributed by atoms with E-state index in [0.29, 0.717) is 17.1 Å². The maximum atomic E-state index is 13.1. The molecule has 1 N–H and O–H groups in total. The lowest BCUT2D eigenvalue weighted by atomic mass is 10.2.